The lowest BCUT2D eigenvalue weighted by atomic mass is 9.88. The minimum absolute atomic E-state index is 0.0177. The lowest BCUT2D eigenvalue weighted by Crippen LogP contribution is -2.37. The number of H-pyrrole nitrogens is 1. The minimum Gasteiger partial charge on any atom is -0.339 e. The van der Waals surface area contributed by atoms with Gasteiger partial charge in [-0.3, -0.25) is 0 Å². The summed E-state index contributed by atoms with van der Waals surface area (Å²) in [4.78, 5) is 12.3. The summed E-state index contributed by atoms with van der Waals surface area (Å²) in [6.45, 7) is 2.22. The maximum absolute atomic E-state index is 12.9. The largest absolute Gasteiger partial charge is 0.339 e. The van der Waals surface area contributed by atoms with E-state index in [0.717, 1.165) is 53.5 Å². The molecule has 3 aromatic heterocycles. The maximum atomic E-state index is 12.9. The van der Waals surface area contributed by atoms with Crippen LogP contribution >= 0.6 is 0 Å². The summed E-state index contributed by atoms with van der Waals surface area (Å²) in [6, 6.07) is 19.2. The van der Waals surface area contributed by atoms with Gasteiger partial charge in [-0.05, 0) is 61.4 Å². The first-order valence-corrected chi connectivity index (χ1v) is 12.5. The van der Waals surface area contributed by atoms with Crippen LogP contribution in [0.4, 0.5) is 0 Å². The molecule has 3 heterocycles. The van der Waals surface area contributed by atoms with E-state index in [0.29, 0.717) is 11.6 Å². The van der Waals surface area contributed by atoms with Gasteiger partial charge in [0.25, 0.3) is 10.0 Å². The second-order valence-electron chi connectivity index (χ2n) is 8.65. The number of pyridine rings is 2. The van der Waals surface area contributed by atoms with E-state index in [1.165, 1.54) is 0 Å². The van der Waals surface area contributed by atoms with Gasteiger partial charge in [-0.25, -0.2) is 23.1 Å². The Kier molecular flexibility index (Phi) is 5.53. The average Bonchev–Trinajstić information content (AvgIpc) is 3.25. The number of aromatic amines is 1. The van der Waals surface area contributed by atoms with Gasteiger partial charge in [0.1, 0.15) is 5.65 Å². The first-order valence-electron chi connectivity index (χ1n) is 11.0. The molecule has 0 bridgehead atoms. The van der Waals surface area contributed by atoms with Crippen molar-refractivity contribution in [2.24, 2.45) is 5.92 Å². The lowest BCUT2D eigenvalue weighted by Gasteiger charge is -2.26. The second kappa shape index (κ2) is 8.48. The predicted molar refractivity (Wildman–Crippen MR) is 127 cm³/mol. The SMILES string of the molecule is CC1CCC(NS(=O)(=O)c2cccc(-c3cnc4[nH]c(-c5ccccc5)cc4c3)n2)CC1. The van der Waals surface area contributed by atoms with Crippen LogP contribution in [-0.4, -0.2) is 29.4 Å². The molecule has 1 aliphatic rings. The summed E-state index contributed by atoms with van der Waals surface area (Å²) < 4.78 is 28.7. The Hall–Kier alpha value is -3.03. The third-order valence-corrected chi connectivity index (χ3v) is 7.61. The van der Waals surface area contributed by atoms with Gasteiger partial charge in [0.2, 0.25) is 0 Å². The van der Waals surface area contributed by atoms with Crippen LogP contribution in [0.25, 0.3) is 33.5 Å². The second-order valence-corrected chi connectivity index (χ2v) is 10.3. The number of fused-ring (bicyclic) bond motifs is 1. The van der Waals surface area contributed by atoms with Crippen LogP contribution in [0.3, 0.4) is 0 Å². The monoisotopic (exact) mass is 446 g/mol. The lowest BCUT2D eigenvalue weighted by molar-refractivity contribution is 0.332. The standard InChI is InChI=1S/C25H26N4O2S/c1-17-10-12-21(13-11-17)29-32(30,31)24-9-5-8-22(27-24)20-14-19-15-23(28-25(19)26-16-20)18-6-3-2-4-7-18/h2-9,14-17,21,29H,10-13H2,1H3,(H,26,28). The van der Waals surface area contributed by atoms with Crippen molar-refractivity contribution in [2.75, 3.05) is 0 Å². The van der Waals surface area contributed by atoms with Crippen molar-refractivity contribution < 1.29 is 8.42 Å². The van der Waals surface area contributed by atoms with E-state index < -0.39 is 10.0 Å². The normalized spacial score (nSPS) is 19.3. The van der Waals surface area contributed by atoms with Gasteiger partial charge in [-0.15, -0.1) is 0 Å². The van der Waals surface area contributed by atoms with E-state index in [9.17, 15) is 8.42 Å². The van der Waals surface area contributed by atoms with Crippen molar-refractivity contribution in [1.29, 1.82) is 0 Å². The van der Waals surface area contributed by atoms with Crippen molar-refractivity contribution >= 4 is 21.1 Å². The average molecular weight is 447 g/mol. The smallest absolute Gasteiger partial charge is 0.258 e. The van der Waals surface area contributed by atoms with Gasteiger partial charge in [-0.1, -0.05) is 43.3 Å². The number of nitrogens with one attached hydrogen (secondary N) is 2. The molecule has 0 atom stereocenters. The number of hydrogen-bond donors (Lipinski definition) is 2. The molecule has 164 valence electrons. The Labute approximate surface area is 188 Å². The Bertz CT molecular complexity index is 1340. The highest BCUT2D eigenvalue weighted by Crippen LogP contribution is 2.28. The summed E-state index contributed by atoms with van der Waals surface area (Å²) in [5.41, 5.74) is 4.22. The summed E-state index contributed by atoms with van der Waals surface area (Å²) in [5.74, 6) is 0.662. The number of rotatable bonds is 5. The fourth-order valence-electron chi connectivity index (χ4n) is 4.31. The quantitative estimate of drug-likeness (QED) is 0.444. The van der Waals surface area contributed by atoms with Gasteiger partial charge in [0, 0.05) is 28.9 Å². The number of sulfonamides is 1. The molecule has 0 saturated heterocycles. The molecule has 1 fully saturated rings. The van der Waals surface area contributed by atoms with Crippen LogP contribution in [0.15, 0.2) is 71.9 Å². The first kappa shape index (κ1) is 20.8. The molecule has 1 aliphatic carbocycles. The molecule has 0 spiro atoms. The van der Waals surface area contributed by atoms with Crippen LogP contribution in [0.1, 0.15) is 32.6 Å². The van der Waals surface area contributed by atoms with E-state index >= 15 is 0 Å². The van der Waals surface area contributed by atoms with E-state index in [1.807, 2.05) is 48.5 Å². The van der Waals surface area contributed by atoms with E-state index in [2.05, 4.69) is 26.6 Å². The van der Waals surface area contributed by atoms with Gasteiger partial charge in [-0.2, -0.15) is 0 Å². The Morgan fingerprint density at radius 3 is 2.50 bits per heavy atom. The number of hydrogen-bond acceptors (Lipinski definition) is 4. The number of benzene rings is 1. The van der Waals surface area contributed by atoms with Crippen LogP contribution in [-0.2, 0) is 10.0 Å². The first-order chi connectivity index (χ1) is 15.5. The maximum Gasteiger partial charge on any atom is 0.258 e. The highest BCUT2D eigenvalue weighted by molar-refractivity contribution is 7.89. The molecule has 0 amide bonds. The predicted octanol–water partition coefficient (Wildman–Crippen LogP) is 5.15. The molecule has 4 aromatic rings. The Morgan fingerprint density at radius 1 is 0.938 bits per heavy atom. The van der Waals surface area contributed by atoms with Crippen molar-refractivity contribution in [3.8, 4) is 22.5 Å². The van der Waals surface area contributed by atoms with E-state index in [4.69, 9.17) is 0 Å². The summed E-state index contributed by atoms with van der Waals surface area (Å²) in [5, 5.41) is 0.999. The molecule has 7 heteroatoms. The molecule has 2 N–H and O–H groups in total. The molecule has 0 unspecified atom stereocenters. The topological polar surface area (TPSA) is 87.7 Å². The zero-order valence-electron chi connectivity index (χ0n) is 18.0. The fourth-order valence-corrected chi connectivity index (χ4v) is 5.58. The molecule has 6 nitrogen and oxygen atoms in total. The summed E-state index contributed by atoms with van der Waals surface area (Å²) in [6.07, 6.45) is 5.57. The molecule has 0 radical (unpaired) electrons. The number of nitrogens with zero attached hydrogens (tertiary/aromatic N) is 2. The van der Waals surface area contributed by atoms with Crippen molar-refractivity contribution in [3.05, 3.63) is 66.9 Å². The van der Waals surface area contributed by atoms with Crippen LogP contribution in [0.2, 0.25) is 0 Å². The van der Waals surface area contributed by atoms with E-state index in [-0.39, 0.29) is 11.1 Å². The Balaban J connectivity index is 1.42. The molecule has 1 saturated carbocycles. The van der Waals surface area contributed by atoms with Crippen molar-refractivity contribution in [3.63, 3.8) is 0 Å². The molecule has 32 heavy (non-hydrogen) atoms. The fraction of sp³-hybridized carbons (Fsp3) is 0.280. The molecular formula is C25H26N4O2S. The Morgan fingerprint density at radius 2 is 1.72 bits per heavy atom. The summed E-state index contributed by atoms with van der Waals surface area (Å²) in [7, 11) is -3.67. The zero-order chi connectivity index (χ0) is 22.1. The van der Waals surface area contributed by atoms with Gasteiger partial charge in [0.05, 0.1) is 5.69 Å². The number of aromatic nitrogens is 3. The molecule has 0 aliphatic heterocycles. The third-order valence-electron chi connectivity index (χ3n) is 6.19. The zero-order valence-corrected chi connectivity index (χ0v) is 18.8. The molecular weight excluding hydrogens is 420 g/mol. The van der Waals surface area contributed by atoms with Crippen LogP contribution in [0, 0.1) is 5.92 Å². The third kappa shape index (κ3) is 4.31. The van der Waals surface area contributed by atoms with E-state index in [1.54, 1.807) is 18.3 Å². The molecule has 5 rings (SSSR count). The van der Waals surface area contributed by atoms with Crippen molar-refractivity contribution in [2.45, 2.75) is 43.7 Å². The van der Waals surface area contributed by atoms with Gasteiger partial charge in [0.15, 0.2) is 5.03 Å². The highest BCUT2D eigenvalue weighted by atomic mass is 32.2. The van der Waals surface area contributed by atoms with Gasteiger partial charge < -0.3 is 4.98 Å². The van der Waals surface area contributed by atoms with Gasteiger partial charge >= 0.3 is 0 Å². The van der Waals surface area contributed by atoms with Crippen LogP contribution < -0.4 is 4.72 Å². The highest BCUT2D eigenvalue weighted by Gasteiger charge is 2.25. The van der Waals surface area contributed by atoms with Crippen LogP contribution in [0.5, 0.6) is 0 Å². The molecule has 1 aromatic carbocycles. The minimum atomic E-state index is -3.67. The summed E-state index contributed by atoms with van der Waals surface area (Å²) >= 11 is 0. The van der Waals surface area contributed by atoms with Crippen molar-refractivity contribution in [1.82, 2.24) is 19.7 Å².